The van der Waals surface area contributed by atoms with Crippen LogP contribution in [0.5, 0.6) is 0 Å². The highest BCUT2D eigenvalue weighted by molar-refractivity contribution is 7.25. The van der Waals surface area contributed by atoms with Crippen molar-refractivity contribution in [1.29, 1.82) is 0 Å². The lowest BCUT2D eigenvalue weighted by molar-refractivity contribution is 1.30. The maximum absolute atomic E-state index is 2.45. The fourth-order valence-electron chi connectivity index (χ4n) is 6.91. The van der Waals surface area contributed by atoms with Crippen molar-refractivity contribution in [2.24, 2.45) is 0 Å². The van der Waals surface area contributed by atoms with Crippen LogP contribution in [0.3, 0.4) is 0 Å². The van der Waals surface area contributed by atoms with Gasteiger partial charge in [0.05, 0.1) is 11.4 Å². The minimum atomic E-state index is 1.12. The first-order valence-corrected chi connectivity index (χ1v) is 16.5. The molecule has 1 aromatic heterocycles. The molecule has 0 amide bonds. The Hall–Kier alpha value is -5.70. The van der Waals surface area contributed by atoms with E-state index in [1.165, 1.54) is 64.0 Å². The summed E-state index contributed by atoms with van der Waals surface area (Å²) in [4.78, 5) is 2.45. The average Bonchev–Trinajstić information content (AvgIpc) is 3.50. The van der Waals surface area contributed by atoms with Crippen molar-refractivity contribution >= 4 is 70.1 Å². The van der Waals surface area contributed by atoms with E-state index in [9.17, 15) is 0 Å². The SMILES string of the molecule is c1cc(-c2cccc3ccccc23)cc(N(c2ccccc2-c2ccc3c(c2)sc2ccccc23)c2cccc3ccccc23)c1. The third-order valence-electron chi connectivity index (χ3n) is 9.05. The van der Waals surface area contributed by atoms with E-state index in [2.05, 4.69) is 181 Å². The van der Waals surface area contributed by atoms with E-state index in [1.807, 2.05) is 11.3 Å². The summed E-state index contributed by atoms with van der Waals surface area (Å²) in [6.45, 7) is 0. The highest BCUT2D eigenvalue weighted by atomic mass is 32.1. The Kier molecular flexibility index (Phi) is 6.40. The lowest BCUT2D eigenvalue weighted by Crippen LogP contribution is -2.12. The molecule has 8 aromatic carbocycles. The lowest BCUT2D eigenvalue weighted by atomic mass is 9.96. The molecule has 0 N–H and O–H groups in total. The molecule has 9 aromatic rings. The van der Waals surface area contributed by atoms with Crippen LogP contribution in [-0.4, -0.2) is 0 Å². The monoisotopic (exact) mass is 603 g/mol. The molecule has 0 aliphatic heterocycles. The number of hydrogen-bond acceptors (Lipinski definition) is 2. The Labute approximate surface area is 272 Å². The predicted molar refractivity (Wildman–Crippen MR) is 200 cm³/mol. The maximum Gasteiger partial charge on any atom is 0.0540 e. The van der Waals surface area contributed by atoms with Gasteiger partial charge in [0.25, 0.3) is 0 Å². The number of fused-ring (bicyclic) bond motifs is 5. The lowest BCUT2D eigenvalue weighted by Gasteiger charge is -2.29. The molecule has 0 saturated heterocycles. The fraction of sp³-hybridized carbons (Fsp3) is 0. The number of rotatable bonds is 5. The van der Waals surface area contributed by atoms with Gasteiger partial charge < -0.3 is 4.90 Å². The van der Waals surface area contributed by atoms with Gasteiger partial charge in [-0.1, -0.05) is 140 Å². The van der Waals surface area contributed by atoms with Crippen LogP contribution in [0.4, 0.5) is 17.1 Å². The molecule has 1 heterocycles. The number of thiophene rings is 1. The zero-order valence-electron chi connectivity index (χ0n) is 25.1. The van der Waals surface area contributed by atoms with Crippen molar-refractivity contribution in [1.82, 2.24) is 0 Å². The molecular weight excluding hydrogens is 575 g/mol. The molecule has 1 nitrogen and oxygen atoms in total. The second-order valence-corrected chi connectivity index (χ2v) is 12.8. The third kappa shape index (κ3) is 4.46. The van der Waals surface area contributed by atoms with Gasteiger partial charge in [0.15, 0.2) is 0 Å². The van der Waals surface area contributed by atoms with E-state index in [0.717, 1.165) is 17.1 Å². The van der Waals surface area contributed by atoms with Crippen LogP contribution in [0.15, 0.2) is 176 Å². The van der Waals surface area contributed by atoms with Crippen LogP contribution in [0.1, 0.15) is 0 Å². The van der Waals surface area contributed by atoms with E-state index >= 15 is 0 Å². The van der Waals surface area contributed by atoms with Crippen LogP contribution in [0.2, 0.25) is 0 Å². The highest BCUT2D eigenvalue weighted by Crippen LogP contribution is 2.45. The Morgan fingerprint density at radius 2 is 0.935 bits per heavy atom. The van der Waals surface area contributed by atoms with Crippen molar-refractivity contribution in [2.45, 2.75) is 0 Å². The number of anilines is 3. The molecular formula is C44H29NS. The van der Waals surface area contributed by atoms with Gasteiger partial charge in [-0.05, 0) is 69.2 Å². The summed E-state index contributed by atoms with van der Waals surface area (Å²) in [6, 6.07) is 64.0. The molecule has 0 fully saturated rings. The Morgan fingerprint density at radius 1 is 0.348 bits per heavy atom. The van der Waals surface area contributed by atoms with Crippen molar-refractivity contribution in [3.63, 3.8) is 0 Å². The van der Waals surface area contributed by atoms with Gasteiger partial charge in [-0.2, -0.15) is 0 Å². The van der Waals surface area contributed by atoms with Crippen LogP contribution in [0.25, 0.3) is 64.0 Å². The molecule has 0 bridgehead atoms. The van der Waals surface area contributed by atoms with Gasteiger partial charge in [0.2, 0.25) is 0 Å². The molecule has 216 valence electrons. The molecule has 0 saturated carbocycles. The minimum absolute atomic E-state index is 1.12. The molecule has 2 heteroatoms. The third-order valence-corrected chi connectivity index (χ3v) is 10.2. The van der Waals surface area contributed by atoms with Gasteiger partial charge in [-0.25, -0.2) is 0 Å². The Bertz CT molecular complexity index is 2550. The van der Waals surface area contributed by atoms with Crippen LogP contribution in [0, 0.1) is 0 Å². The molecule has 0 aliphatic carbocycles. The van der Waals surface area contributed by atoms with Gasteiger partial charge in [-0.3, -0.25) is 0 Å². The van der Waals surface area contributed by atoms with E-state index in [-0.39, 0.29) is 0 Å². The first-order chi connectivity index (χ1) is 22.8. The standard InChI is InChI=1S/C44H29NS/c1-3-18-35-30(12-1)14-10-22-36(35)32-16-9-17-34(28-32)45(42-24-11-15-31-13-2-4-19-37(31)42)41-23-7-5-20-38(41)33-26-27-40-39-21-6-8-25-43(39)46-44(40)29-33/h1-29H. The summed E-state index contributed by atoms with van der Waals surface area (Å²) >= 11 is 1.87. The molecule has 0 aliphatic rings. The summed E-state index contributed by atoms with van der Waals surface area (Å²) in [5.74, 6) is 0. The maximum atomic E-state index is 2.45. The van der Waals surface area contributed by atoms with Crippen molar-refractivity contribution < 1.29 is 0 Å². The first kappa shape index (κ1) is 26.7. The quantitative estimate of drug-likeness (QED) is 0.189. The van der Waals surface area contributed by atoms with E-state index < -0.39 is 0 Å². The molecule has 9 rings (SSSR count). The summed E-state index contributed by atoms with van der Waals surface area (Å²) < 4.78 is 2.63. The predicted octanol–water partition coefficient (Wildman–Crippen LogP) is 13.2. The molecule has 0 atom stereocenters. The smallest absolute Gasteiger partial charge is 0.0540 e. The second kappa shape index (κ2) is 11.0. The minimum Gasteiger partial charge on any atom is -0.309 e. The zero-order valence-corrected chi connectivity index (χ0v) is 25.9. The summed E-state index contributed by atoms with van der Waals surface area (Å²) in [5.41, 5.74) is 8.27. The molecule has 0 spiro atoms. The fourth-order valence-corrected chi connectivity index (χ4v) is 8.05. The highest BCUT2D eigenvalue weighted by Gasteiger charge is 2.20. The van der Waals surface area contributed by atoms with E-state index in [0.29, 0.717) is 0 Å². The van der Waals surface area contributed by atoms with Crippen molar-refractivity contribution in [3.05, 3.63) is 176 Å². The van der Waals surface area contributed by atoms with Gasteiger partial charge in [0.1, 0.15) is 0 Å². The molecule has 0 unspecified atom stereocenters. The normalized spacial score (nSPS) is 11.5. The number of benzene rings is 8. The van der Waals surface area contributed by atoms with Crippen molar-refractivity contribution in [3.8, 4) is 22.3 Å². The van der Waals surface area contributed by atoms with Crippen LogP contribution < -0.4 is 4.90 Å². The summed E-state index contributed by atoms with van der Waals surface area (Å²) in [6.07, 6.45) is 0. The number of para-hydroxylation sites is 1. The van der Waals surface area contributed by atoms with E-state index in [4.69, 9.17) is 0 Å². The average molecular weight is 604 g/mol. The van der Waals surface area contributed by atoms with Gasteiger partial charge >= 0.3 is 0 Å². The van der Waals surface area contributed by atoms with Gasteiger partial charge in [-0.15, -0.1) is 11.3 Å². The largest absolute Gasteiger partial charge is 0.309 e. The molecule has 0 radical (unpaired) electrons. The molecule has 46 heavy (non-hydrogen) atoms. The zero-order chi connectivity index (χ0) is 30.5. The topological polar surface area (TPSA) is 3.24 Å². The van der Waals surface area contributed by atoms with Crippen molar-refractivity contribution in [2.75, 3.05) is 4.90 Å². The van der Waals surface area contributed by atoms with Crippen LogP contribution in [-0.2, 0) is 0 Å². The summed E-state index contributed by atoms with van der Waals surface area (Å²) in [7, 11) is 0. The number of hydrogen-bond donors (Lipinski definition) is 0. The van der Waals surface area contributed by atoms with E-state index in [1.54, 1.807) is 0 Å². The Morgan fingerprint density at radius 3 is 1.83 bits per heavy atom. The Balaban J connectivity index is 1.28. The van der Waals surface area contributed by atoms with Gasteiger partial charge in [0, 0.05) is 36.8 Å². The van der Waals surface area contributed by atoms with Crippen LogP contribution >= 0.6 is 11.3 Å². The number of nitrogens with zero attached hydrogens (tertiary/aromatic N) is 1. The summed E-state index contributed by atoms with van der Waals surface area (Å²) in [5, 5.41) is 7.59. The second-order valence-electron chi connectivity index (χ2n) is 11.7. The first-order valence-electron chi connectivity index (χ1n) is 15.7.